The zero-order valence-electron chi connectivity index (χ0n) is 16.0. The van der Waals surface area contributed by atoms with Crippen molar-refractivity contribution in [3.63, 3.8) is 0 Å². The third-order valence-electron chi connectivity index (χ3n) is 5.67. The second-order valence-electron chi connectivity index (χ2n) is 7.28. The van der Waals surface area contributed by atoms with Gasteiger partial charge in [0.05, 0.1) is 24.7 Å². The summed E-state index contributed by atoms with van der Waals surface area (Å²) in [6, 6.07) is 20.1. The largest absolute Gasteiger partial charge is 0.496 e. The lowest BCUT2D eigenvalue weighted by molar-refractivity contribution is -0.116. The van der Waals surface area contributed by atoms with Crippen molar-refractivity contribution in [3.05, 3.63) is 88.3 Å². The number of nitrogens with zero attached hydrogens (tertiary/aromatic N) is 1. The number of ether oxygens (including phenoxy) is 1. The van der Waals surface area contributed by atoms with Crippen LogP contribution in [-0.4, -0.2) is 12.9 Å². The number of carbonyl (C=O) groups excluding carboxylic acids is 1. The number of hydrogen-bond acceptors (Lipinski definition) is 4. The summed E-state index contributed by atoms with van der Waals surface area (Å²) in [7, 11) is 1.62. The molecule has 0 bridgehead atoms. The molecule has 0 fully saturated rings. The van der Waals surface area contributed by atoms with Crippen LogP contribution in [0.15, 0.2) is 77.1 Å². The number of allylic oxidation sites excluding steroid dienone is 4. The summed E-state index contributed by atoms with van der Waals surface area (Å²) < 4.78 is 5.55. The van der Waals surface area contributed by atoms with Crippen LogP contribution in [0.2, 0.25) is 0 Å². The molecule has 1 aliphatic carbocycles. The van der Waals surface area contributed by atoms with E-state index in [1.54, 1.807) is 7.11 Å². The van der Waals surface area contributed by atoms with Crippen molar-refractivity contribution >= 4 is 5.78 Å². The fourth-order valence-corrected chi connectivity index (χ4v) is 4.36. The lowest BCUT2D eigenvalue weighted by Gasteiger charge is -2.36. The molecule has 0 radical (unpaired) electrons. The molecule has 2 aromatic rings. The highest BCUT2D eigenvalue weighted by molar-refractivity contribution is 6.00. The summed E-state index contributed by atoms with van der Waals surface area (Å²) in [5.74, 6) is 0.551. The second kappa shape index (κ2) is 7.36. The zero-order chi connectivity index (χ0) is 19.7. The van der Waals surface area contributed by atoms with Crippen molar-refractivity contribution in [2.24, 2.45) is 0 Å². The highest BCUT2D eigenvalue weighted by Gasteiger charge is 2.39. The van der Waals surface area contributed by atoms with E-state index >= 15 is 0 Å². The van der Waals surface area contributed by atoms with Gasteiger partial charge in [-0.3, -0.25) is 4.79 Å². The standard InChI is InChI=1S/C24H22N2O2/c1-15-19(14-25)23(18-10-6-7-11-22(18)28-2)24-20(26-15)12-17(13-21(24)27)16-8-4-3-5-9-16/h3-11,17,23,26H,12-13H2,1-2H3/t17-,23-/m1/s1. The highest BCUT2D eigenvalue weighted by atomic mass is 16.5. The molecule has 0 spiro atoms. The quantitative estimate of drug-likeness (QED) is 0.859. The molecule has 2 aliphatic rings. The van der Waals surface area contributed by atoms with Gasteiger partial charge in [-0.1, -0.05) is 48.5 Å². The Kier molecular flexibility index (Phi) is 4.75. The Hall–Kier alpha value is -3.32. The number of para-hydroxylation sites is 1. The summed E-state index contributed by atoms with van der Waals surface area (Å²) in [5.41, 5.74) is 5.05. The van der Waals surface area contributed by atoms with Crippen LogP contribution in [0.5, 0.6) is 5.75 Å². The van der Waals surface area contributed by atoms with Crippen LogP contribution in [0.3, 0.4) is 0 Å². The fourth-order valence-electron chi connectivity index (χ4n) is 4.36. The van der Waals surface area contributed by atoms with E-state index in [0.717, 1.165) is 23.4 Å². The van der Waals surface area contributed by atoms with Crippen LogP contribution in [-0.2, 0) is 4.79 Å². The minimum Gasteiger partial charge on any atom is -0.496 e. The number of carbonyl (C=O) groups is 1. The maximum atomic E-state index is 13.3. The van der Waals surface area contributed by atoms with E-state index in [0.29, 0.717) is 23.3 Å². The topological polar surface area (TPSA) is 62.1 Å². The van der Waals surface area contributed by atoms with Gasteiger partial charge >= 0.3 is 0 Å². The van der Waals surface area contributed by atoms with Crippen molar-refractivity contribution in [1.82, 2.24) is 5.32 Å². The van der Waals surface area contributed by atoms with Crippen molar-refractivity contribution in [3.8, 4) is 11.8 Å². The molecule has 1 aliphatic heterocycles. The van der Waals surface area contributed by atoms with Crippen molar-refractivity contribution < 1.29 is 9.53 Å². The van der Waals surface area contributed by atoms with Gasteiger partial charge in [-0.25, -0.2) is 0 Å². The third-order valence-corrected chi connectivity index (χ3v) is 5.67. The number of nitrogens with one attached hydrogen (secondary N) is 1. The van der Waals surface area contributed by atoms with E-state index < -0.39 is 0 Å². The van der Waals surface area contributed by atoms with Gasteiger partial charge in [0.15, 0.2) is 5.78 Å². The zero-order valence-corrected chi connectivity index (χ0v) is 16.0. The van der Waals surface area contributed by atoms with E-state index in [4.69, 9.17) is 4.74 Å². The number of ketones is 1. The SMILES string of the molecule is COc1ccccc1[C@@H]1C(C#N)=C(C)NC2=C1C(=O)C[C@H](c1ccccc1)C2. The average molecular weight is 370 g/mol. The molecule has 0 saturated carbocycles. The fraction of sp³-hybridized carbons (Fsp3) is 0.250. The Morgan fingerprint density at radius 3 is 2.50 bits per heavy atom. The molecule has 28 heavy (non-hydrogen) atoms. The van der Waals surface area contributed by atoms with Gasteiger partial charge in [-0.2, -0.15) is 5.26 Å². The number of rotatable bonds is 3. The van der Waals surface area contributed by atoms with Gasteiger partial charge in [0.2, 0.25) is 0 Å². The molecule has 1 heterocycles. The molecule has 4 nitrogen and oxygen atoms in total. The number of Topliss-reactive ketones (excluding diaryl/α,β-unsaturated/α-hetero) is 1. The van der Waals surface area contributed by atoms with Gasteiger partial charge in [0.1, 0.15) is 5.75 Å². The molecule has 4 heteroatoms. The smallest absolute Gasteiger partial charge is 0.162 e. The summed E-state index contributed by atoms with van der Waals surface area (Å²) >= 11 is 0. The maximum Gasteiger partial charge on any atom is 0.162 e. The van der Waals surface area contributed by atoms with Crippen LogP contribution in [0, 0.1) is 11.3 Å². The van der Waals surface area contributed by atoms with Crippen LogP contribution >= 0.6 is 0 Å². The Labute approximate surface area is 165 Å². The molecule has 140 valence electrons. The normalized spacial score (nSPS) is 21.7. The predicted molar refractivity (Wildman–Crippen MR) is 108 cm³/mol. The summed E-state index contributed by atoms with van der Waals surface area (Å²) in [4.78, 5) is 13.3. The highest BCUT2D eigenvalue weighted by Crippen LogP contribution is 2.47. The van der Waals surface area contributed by atoms with Gasteiger partial charge in [-0.05, 0) is 30.9 Å². The number of dihydropyridines is 1. The molecule has 2 aromatic carbocycles. The van der Waals surface area contributed by atoms with Crippen molar-refractivity contribution in [1.29, 1.82) is 5.26 Å². The first-order valence-electron chi connectivity index (χ1n) is 9.46. The van der Waals surface area contributed by atoms with Crippen LogP contribution in [0.1, 0.15) is 42.7 Å². The van der Waals surface area contributed by atoms with Crippen LogP contribution in [0.25, 0.3) is 0 Å². The van der Waals surface area contributed by atoms with Crippen molar-refractivity contribution in [2.75, 3.05) is 7.11 Å². The number of hydrogen-bond donors (Lipinski definition) is 1. The summed E-state index contributed by atoms with van der Waals surface area (Å²) in [6.45, 7) is 1.90. The first-order chi connectivity index (χ1) is 13.6. The van der Waals surface area contributed by atoms with Gasteiger partial charge in [-0.15, -0.1) is 0 Å². The number of nitriles is 1. The summed E-state index contributed by atoms with van der Waals surface area (Å²) in [5, 5.41) is 13.2. The monoisotopic (exact) mass is 370 g/mol. The maximum absolute atomic E-state index is 13.3. The molecule has 0 amide bonds. The molecule has 0 aromatic heterocycles. The molecule has 0 unspecified atom stereocenters. The molecular weight excluding hydrogens is 348 g/mol. The van der Waals surface area contributed by atoms with E-state index in [1.807, 2.05) is 49.4 Å². The molecule has 4 rings (SSSR count). The summed E-state index contributed by atoms with van der Waals surface area (Å²) in [6.07, 6.45) is 1.21. The Bertz CT molecular complexity index is 1030. The van der Waals surface area contributed by atoms with E-state index in [-0.39, 0.29) is 17.6 Å². The Morgan fingerprint density at radius 1 is 1.07 bits per heavy atom. The molecule has 0 saturated heterocycles. The first kappa shape index (κ1) is 18.1. The van der Waals surface area contributed by atoms with Crippen LogP contribution in [0.4, 0.5) is 0 Å². The predicted octanol–water partition coefficient (Wildman–Crippen LogP) is 4.58. The number of methoxy groups -OCH3 is 1. The van der Waals surface area contributed by atoms with Crippen LogP contribution < -0.4 is 10.1 Å². The first-order valence-corrected chi connectivity index (χ1v) is 9.46. The lowest BCUT2D eigenvalue weighted by atomic mass is 9.72. The second-order valence-corrected chi connectivity index (χ2v) is 7.28. The average Bonchev–Trinajstić information content (AvgIpc) is 2.73. The van der Waals surface area contributed by atoms with E-state index in [9.17, 15) is 10.1 Å². The molecular formula is C24H22N2O2. The molecule has 2 atom stereocenters. The third kappa shape index (κ3) is 2.99. The number of benzene rings is 2. The Balaban J connectivity index is 1.83. The minimum absolute atomic E-state index is 0.0961. The van der Waals surface area contributed by atoms with E-state index in [1.165, 1.54) is 5.56 Å². The van der Waals surface area contributed by atoms with E-state index in [2.05, 4.69) is 23.5 Å². The van der Waals surface area contributed by atoms with Gasteiger partial charge in [0, 0.05) is 29.0 Å². The van der Waals surface area contributed by atoms with Gasteiger partial charge in [0.25, 0.3) is 0 Å². The van der Waals surface area contributed by atoms with Crippen molar-refractivity contribution in [2.45, 2.75) is 31.6 Å². The molecule has 1 N–H and O–H groups in total. The Morgan fingerprint density at radius 2 is 1.79 bits per heavy atom. The van der Waals surface area contributed by atoms with Gasteiger partial charge < -0.3 is 10.1 Å². The minimum atomic E-state index is -0.387. The lowest BCUT2D eigenvalue weighted by Crippen LogP contribution is -2.33.